The highest BCUT2D eigenvalue weighted by Crippen LogP contribution is 2.34. The minimum absolute atomic E-state index is 0.0643. The average Bonchev–Trinajstić information content (AvgIpc) is 3.30. The summed E-state index contributed by atoms with van der Waals surface area (Å²) in [4.78, 5) is 18.6. The molecule has 0 saturated heterocycles. The summed E-state index contributed by atoms with van der Waals surface area (Å²) in [6.45, 7) is 3.52. The predicted octanol–water partition coefficient (Wildman–Crippen LogP) is 3.00. The Morgan fingerprint density at radius 2 is 2.17 bits per heavy atom. The lowest BCUT2D eigenvalue weighted by Gasteiger charge is -2.09. The van der Waals surface area contributed by atoms with E-state index in [2.05, 4.69) is 19.8 Å². The van der Waals surface area contributed by atoms with E-state index in [1.165, 1.54) is 30.1 Å². The number of methoxy groups -OCH3 is 1. The van der Waals surface area contributed by atoms with Crippen LogP contribution in [0.1, 0.15) is 23.0 Å². The van der Waals surface area contributed by atoms with Crippen LogP contribution >= 0.6 is 0 Å². The zero-order valence-electron chi connectivity index (χ0n) is 16.5. The zero-order chi connectivity index (χ0) is 21.4. The standard InChI is InChI=1S/C20H19FN4O5/c1-10(26)8-29-16-7-25-18(11(16)2)19(22-9-23-25)30-15-5-4-13-12(17(15)21)6-14(24-13)20(27)28-3/h4-7,9-10,24,26H,8H2,1-3H3/t10-/m0/s1. The first-order valence-electron chi connectivity index (χ1n) is 9.10. The molecule has 0 aliphatic heterocycles. The van der Waals surface area contributed by atoms with Gasteiger partial charge in [-0.15, -0.1) is 0 Å². The molecule has 3 aromatic heterocycles. The first kappa shape index (κ1) is 19.6. The Morgan fingerprint density at radius 1 is 1.37 bits per heavy atom. The number of fused-ring (bicyclic) bond motifs is 2. The normalized spacial score (nSPS) is 12.3. The highest BCUT2D eigenvalue weighted by Gasteiger charge is 2.19. The Labute approximate surface area is 170 Å². The summed E-state index contributed by atoms with van der Waals surface area (Å²) in [6.07, 6.45) is 2.28. The third-order valence-electron chi connectivity index (χ3n) is 4.54. The Bertz CT molecular complexity index is 1250. The molecule has 4 rings (SSSR count). The maximum absolute atomic E-state index is 15.1. The first-order valence-corrected chi connectivity index (χ1v) is 9.10. The van der Waals surface area contributed by atoms with Gasteiger partial charge < -0.3 is 24.3 Å². The second-order valence-electron chi connectivity index (χ2n) is 6.75. The van der Waals surface area contributed by atoms with Crippen LogP contribution < -0.4 is 9.47 Å². The molecule has 1 aromatic carbocycles. The minimum atomic E-state index is -0.648. The van der Waals surface area contributed by atoms with Gasteiger partial charge in [-0.05, 0) is 32.0 Å². The maximum Gasteiger partial charge on any atom is 0.354 e. The molecule has 10 heteroatoms. The van der Waals surface area contributed by atoms with Crippen LogP contribution in [-0.4, -0.2) is 50.5 Å². The second-order valence-corrected chi connectivity index (χ2v) is 6.75. The molecule has 0 aliphatic rings. The van der Waals surface area contributed by atoms with E-state index in [4.69, 9.17) is 9.47 Å². The molecule has 30 heavy (non-hydrogen) atoms. The summed E-state index contributed by atoms with van der Waals surface area (Å²) in [5.41, 5.74) is 1.75. The molecule has 0 bridgehead atoms. The lowest BCUT2D eigenvalue weighted by atomic mass is 10.2. The lowest BCUT2D eigenvalue weighted by Crippen LogP contribution is -2.12. The van der Waals surface area contributed by atoms with Gasteiger partial charge in [-0.2, -0.15) is 10.1 Å². The number of aliphatic hydroxyl groups is 1. The molecule has 0 radical (unpaired) electrons. The molecular formula is C20H19FN4O5. The van der Waals surface area contributed by atoms with Crippen molar-refractivity contribution in [2.45, 2.75) is 20.0 Å². The number of hydrogen-bond acceptors (Lipinski definition) is 7. The van der Waals surface area contributed by atoms with Crippen molar-refractivity contribution in [1.29, 1.82) is 0 Å². The van der Waals surface area contributed by atoms with Gasteiger partial charge in [0, 0.05) is 16.5 Å². The molecule has 0 saturated carbocycles. The van der Waals surface area contributed by atoms with Crippen LogP contribution in [-0.2, 0) is 4.74 Å². The van der Waals surface area contributed by atoms with Crippen LogP contribution in [0, 0.1) is 12.7 Å². The van der Waals surface area contributed by atoms with Gasteiger partial charge in [0.1, 0.15) is 29.9 Å². The van der Waals surface area contributed by atoms with Crippen LogP contribution in [0.2, 0.25) is 0 Å². The van der Waals surface area contributed by atoms with Crippen molar-refractivity contribution in [3.05, 3.63) is 47.8 Å². The van der Waals surface area contributed by atoms with E-state index in [1.807, 2.05) is 0 Å². The molecule has 0 unspecified atom stereocenters. The number of hydrogen-bond donors (Lipinski definition) is 2. The number of carbonyl (C=O) groups excluding carboxylic acids is 1. The number of benzene rings is 1. The smallest absolute Gasteiger partial charge is 0.354 e. The number of rotatable bonds is 6. The number of H-pyrrole nitrogens is 1. The number of aromatic amines is 1. The molecule has 0 spiro atoms. The summed E-state index contributed by atoms with van der Waals surface area (Å²) >= 11 is 0. The van der Waals surface area contributed by atoms with E-state index in [9.17, 15) is 9.90 Å². The fourth-order valence-corrected chi connectivity index (χ4v) is 3.09. The van der Waals surface area contributed by atoms with Crippen molar-refractivity contribution < 1.29 is 28.5 Å². The third-order valence-corrected chi connectivity index (χ3v) is 4.54. The first-order chi connectivity index (χ1) is 14.4. The van der Waals surface area contributed by atoms with Gasteiger partial charge in [-0.1, -0.05) is 0 Å². The summed E-state index contributed by atoms with van der Waals surface area (Å²) in [5.74, 6) is -0.669. The van der Waals surface area contributed by atoms with Crippen molar-refractivity contribution in [1.82, 2.24) is 19.6 Å². The number of halogens is 1. The van der Waals surface area contributed by atoms with Gasteiger partial charge >= 0.3 is 5.97 Å². The van der Waals surface area contributed by atoms with Gasteiger partial charge in [0.05, 0.1) is 19.4 Å². The molecule has 2 N–H and O–H groups in total. The molecule has 156 valence electrons. The molecule has 1 atom stereocenters. The number of esters is 1. The summed E-state index contributed by atoms with van der Waals surface area (Å²) in [6, 6.07) is 4.40. The molecule has 4 aromatic rings. The van der Waals surface area contributed by atoms with Crippen LogP contribution in [0.15, 0.2) is 30.7 Å². The SMILES string of the molecule is COC(=O)c1cc2c(F)c(Oc3ncnn4cc(OC[C@H](C)O)c(C)c34)ccc2[nH]1. The largest absolute Gasteiger partial charge is 0.489 e. The van der Waals surface area contributed by atoms with Crippen molar-refractivity contribution in [2.75, 3.05) is 13.7 Å². The van der Waals surface area contributed by atoms with E-state index in [-0.39, 0.29) is 29.3 Å². The number of nitrogens with one attached hydrogen (secondary N) is 1. The lowest BCUT2D eigenvalue weighted by molar-refractivity contribution is 0.0595. The van der Waals surface area contributed by atoms with Crippen LogP contribution in [0.5, 0.6) is 17.4 Å². The zero-order valence-corrected chi connectivity index (χ0v) is 16.5. The molecular weight excluding hydrogens is 395 g/mol. The van der Waals surface area contributed by atoms with E-state index in [0.717, 1.165) is 0 Å². The van der Waals surface area contributed by atoms with Gasteiger partial charge in [0.2, 0.25) is 5.88 Å². The van der Waals surface area contributed by atoms with Gasteiger partial charge in [0.15, 0.2) is 11.6 Å². The Balaban J connectivity index is 1.72. The van der Waals surface area contributed by atoms with Crippen molar-refractivity contribution in [3.8, 4) is 17.4 Å². The number of carbonyl (C=O) groups is 1. The quantitative estimate of drug-likeness (QED) is 0.467. The van der Waals surface area contributed by atoms with Crippen molar-refractivity contribution in [2.24, 2.45) is 0 Å². The molecule has 0 aliphatic carbocycles. The Morgan fingerprint density at radius 3 is 2.90 bits per heavy atom. The maximum atomic E-state index is 15.1. The average molecular weight is 414 g/mol. The molecule has 0 fully saturated rings. The minimum Gasteiger partial charge on any atom is -0.489 e. The van der Waals surface area contributed by atoms with Crippen LogP contribution in [0.3, 0.4) is 0 Å². The summed E-state index contributed by atoms with van der Waals surface area (Å²) < 4.78 is 32.6. The van der Waals surface area contributed by atoms with Gasteiger partial charge in [-0.3, -0.25) is 0 Å². The Hall–Kier alpha value is -3.66. The monoisotopic (exact) mass is 414 g/mol. The fraction of sp³-hybridized carbons (Fsp3) is 0.250. The van der Waals surface area contributed by atoms with Crippen LogP contribution in [0.25, 0.3) is 16.4 Å². The summed E-state index contributed by atoms with van der Waals surface area (Å²) in [5, 5.41) is 13.8. The van der Waals surface area contributed by atoms with Crippen molar-refractivity contribution >= 4 is 22.4 Å². The molecule has 3 heterocycles. The number of aromatic nitrogens is 4. The van der Waals surface area contributed by atoms with E-state index >= 15 is 4.39 Å². The number of ether oxygens (including phenoxy) is 3. The highest BCUT2D eigenvalue weighted by atomic mass is 19.1. The highest BCUT2D eigenvalue weighted by molar-refractivity contribution is 5.95. The fourth-order valence-electron chi connectivity index (χ4n) is 3.09. The van der Waals surface area contributed by atoms with Crippen LogP contribution in [0.4, 0.5) is 4.39 Å². The number of aliphatic hydroxyl groups excluding tert-OH is 1. The molecule has 0 amide bonds. The summed E-state index contributed by atoms with van der Waals surface area (Å²) in [7, 11) is 1.25. The van der Waals surface area contributed by atoms with E-state index in [0.29, 0.717) is 22.3 Å². The second kappa shape index (κ2) is 7.64. The van der Waals surface area contributed by atoms with Gasteiger partial charge in [0.25, 0.3) is 0 Å². The predicted molar refractivity (Wildman–Crippen MR) is 105 cm³/mol. The number of nitrogens with zero attached hydrogens (tertiary/aromatic N) is 3. The Kier molecular flexibility index (Phi) is 5.00. The van der Waals surface area contributed by atoms with Gasteiger partial charge in [-0.25, -0.2) is 13.7 Å². The van der Waals surface area contributed by atoms with E-state index in [1.54, 1.807) is 26.1 Å². The van der Waals surface area contributed by atoms with Crippen molar-refractivity contribution in [3.63, 3.8) is 0 Å². The van der Waals surface area contributed by atoms with E-state index < -0.39 is 17.9 Å². The third kappa shape index (κ3) is 3.41. The topological polar surface area (TPSA) is 111 Å². The molecule has 9 nitrogen and oxygen atoms in total. The number of aryl methyl sites for hydroxylation is 1.